The second-order valence-corrected chi connectivity index (χ2v) is 6.55. The summed E-state index contributed by atoms with van der Waals surface area (Å²) in [7, 11) is 4.60. The predicted octanol–water partition coefficient (Wildman–Crippen LogP) is 3.66. The molecule has 1 aliphatic heterocycles. The molecule has 0 bridgehead atoms. The van der Waals surface area contributed by atoms with Crippen LogP contribution in [0.1, 0.15) is 11.1 Å². The lowest BCUT2D eigenvalue weighted by Crippen LogP contribution is -2.05. The second-order valence-electron chi connectivity index (χ2n) is 5.30. The molecule has 1 heterocycles. The molecule has 0 spiro atoms. The van der Waals surface area contributed by atoms with Crippen molar-refractivity contribution in [2.24, 2.45) is 4.99 Å². The van der Waals surface area contributed by atoms with Crippen LogP contribution in [0, 0.1) is 3.57 Å². The van der Waals surface area contributed by atoms with Crippen molar-refractivity contribution >= 4 is 40.5 Å². The van der Waals surface area contributed by atoms with E-state index in [1.807, 2.05) is 24.3 Å². The van der Waals surface area contributed by atoms with E-state index in [9.17, 15) is 4.79 Å². The van der Waals surface area contributed by atoms with Gasteiger partial charge in [-0.2, -0.15) is 0 Å². The number of hydrogen-bond acceptors (Lipinski definition) is 6. The average molecular weight is 465 g/mol. The fraction of sp³-hybridized carbons (Fsp3) is 0.158. The molecule has 0 amide bonds. The first-order chi connectivity index (χ1) is 12.5. The first kappa shape index (κ1) is 18.2. The van der Waals surface area contributed by atoms with E-state index in [1.165, 1.54) is 21.3 Å². The van der Waals surface area contributed by atoms with Gasteiger partial charge < -0.3 is 18.9 Å². The third-order valence-electron chi connectivity index (χ3n) is 3.70. The smallest absolute Gasteiger partial charge is 0.363 e. The van der Waals surface area contributed by atoms with Crippen LogP contribution in [0.25, 0.3) is 6.08 Å². The van der Waals surface area contributed by atoms with Gasteiger partial charge in [0.15, 0.2) is 17.2 Å². The van der Waals surface area contributed by atoms with E-state index >= 15 is 0 Å². The van der Waals surface area contributed by atoms with E-state index < -0.39 is 5.97 Å². The molecule has 0 aliphatic carbocycles. The minimum absolute atomic E-state index is 0.202. The summed E-state index contributed by atoms with van der Waals surface area (Å²) in [6.45, 7) is 0. The molecule has 0 saturated carbocycles. The van der Waals surface area contributed by atoms with Gasteiger partial charge in [0.05, 0.1) is 21.3 Å². The van der Waals surface area contributed by atoms with Crippen LogP contribution < -0.4 is 14.2 Å². The number of halogens is 1. The summed E-state index contributed by atoms with van der Waals surface area (Å²) in [5, 5.41) is 0. The minimum atomic E-state index is -0.507. The largest absolute Gasteiger partial charge is 0.493 e. The summed E-state index contributed by atoms with van der Waals surface area (Å²) in [5.41, 5.74) is 1.62. The van der Waals surface area contributed by atoms with Crippen LogP contribution in [-0.2, 0) is 9.53 Å². The topological polar surface area (TPSA) is 66.4 Å². The number of nitrogens with zero attached hydrogens (tertiary/aromatic N) is 1. The van der Waals surface area contributed by atoms with Crippen LogP contribution in [0.2, 0.25) is 0 Å². The Morgan fingerprint density at radius 2 is 1.62 bits per heavy atom. The molecular formula is C19H16INO5. The van der Waals surface area contributed by atoms with Crippen LogP contribution in [0.4, 0.5) is 0 Å². The first-order valence-electron chi connectivity index (χ1n) is 7.64. The zero-order valence-corrected chi connectivity index (χ0v) is 16.6. The van der Waals surface area contributed by atoms with Gasteiger partial charge in [0, 0.05) is 9.13 Å². The van der Waals surface area contributed by atoms with Crippen LogP contribution >= 0.6 is 22.6 Å². The highest BCUT2D eigenvalue weighted by atomic mass is 127. The van der Waals surface area contributed by atoms with Gasteiger partial charge in [0.1, 0.15) is 0 Å². The molecule has 134 valence electrons. The summed E-state index contributed by atoms with van der Waals surface area (Å²) in [4.78, 5) is 16.5. The molecule has 1 aliphatic rings. The summed E-state index contributed by atoms with van der Waals surface area (Å²) in [6, 6.07) is 11.0. The number of ether oxygens (including phenoxy) is 4. The summed E-state index contributed by atoms with van der Waals surface area (Å²) < 4.78 is 22.3. The molecule has 2 aromatic carbocycles. The molecule has 3 rings (SSSR count). The minimum Gasteiger partial charge on any atom is -0.493 e. The molecular weight excluding hydrogens is 449 g/mol. The Labute approximate surface area is 164 Å². The Morgan fingerprint density at radius 3 is 2.15 bits per heavy atom. The number of rotatable bonds is 5. The van der Waals surface area contributed by atoms with Crippen molar-refractivity contribution in [3.05, 3.63) is 56.8 Å². The van der Waals surface area contributed by atoms with Gasteiger partial charge in [-0.1, -0.05) is 0 Å². The molecule has 6 nitrogen and oxygen atoms in total. The van der Waals surface area contributed by atoms with Gasteiger partial charge in [-0.3, -0.25) is 0 Å². The Hall–Kier alpha value is -2.55. The third kappa shape index (κ3) is 3.67. The number of hydrogen-bond donors (Lipinski definition) is 0. The molecule has 2 aromatic rings. The molecule has 0 N–H and O–H groups in total. The highest BCUT2D eigenvalue weighted by Gasteiger charge is 2.24. The number of carbonyl (C=O) groups excluding carboxylic acids is 1. The van der Waals surface area contributed by atoms with Gasteiger partial charge in [-0.15, -0.1) is 0 Å². The van der Waals surface area contributed by atoms with E-state index in [1.54, 1.807) is 18.2 Å². The van der Waals surface area contributed by atoms with Crippen LogP contribution in [0.15, 0.2) is 47.1 Å². The number of carbonyl (C=O) groups is 1. The average Bonchev–Trinajstić information content (AvgIpc) is 3.01. The summed E-state index contributed by atoms with van der Waals surface area (Å²) in [6.07, 6.45) is 1.62. The van der Waals surface area contributed by atoms with E-state index in [-0.39, 0.29) is 11.6 Å². The van der Waals surface area contributed by atoms with E-state index in [2.05, 4.69) is 27.6 Å². The number of benzene rings is 2. The zero-order valence-electron chi connectivity index (χ0n) is 14.4. The quantitative estimate of drug-likeness (QED) is 0.383. The van der Waals surface area contributed by atoms with Gasteiger partial charge in [0.2, 0.25) is 11.6 Å². The van der Waals surface area contributed by atoms with Gasteiger partial charge in [0.25, 0.3) is 0 Å². The Morgan fingerprint density at radius 1 is 1.00 bits per heavy atom. The van der Waals surface area contributed by atoms with Crippen molar-refractivity contribution in [2.75, 3.05) is 21.3 Å². The zero-order chi connectivity index (χ0) is 18.7. The third-order valence-corrected chi connectivity index (χ3v) is 4.42. The van der Waals surface area contributed by atoms with Crippen molar-refractivity contribution in [3.8, 4) is 17.2 Å². The molecule has 0 unspecified atom stereocenters. The SMILES string of the molecule is COc1cc(/C=C2/N=C(c3ccc(I)cc3)OC2=O)cc(OC)c1OC. The predicted molar refractivity (Wildman–Crippen MR) is 106 cm³/mol. The lowest BCUT2D eigenvalue weighted by molar-refractivity contribution is -0.129. The summed E-state index contributed by atoms with van der Waals surface area (Å²) >= 11 is 2.21. The highest BCUT2D eigenvalue weighted by molar-refractivity contribution is 14.1. The number of cyclic esters (lactones) is 1. The van der Waals surface area contributed by atoms with Crippen molar-refractivity contribution < 1.29 is 23.7 Å². The molecule has 26 heavy (non-hydrogen) atoms. The lowest BCUT2D eigenvalue weighted by atomic mass is 10.1. The van der Waals surface area contributed by atoms with Crippen molar-refractivity contribution in [2.45, 2.75) is 0 Å². The number of methoxy groups -OCH3 is 3. The molecule has 7 heteroatoms. The Bertz CT molecular complexity index is 878. The maximum absolute atomic E-state index is 12.2. The van der Waals surface area contributed by atoms with E-state index in [0.717, 1.165) is 9.13 Å². The summed E-state index contributed by atoms with van der Waals surface area (Å²) in [5.74, 6) is 1.24. The van der Waals surface area contributed by atoms with E-state index in [0.29, 0.717) is 22.8 Å². The number of esters is 1. The first-order valence-corrected chi connectivity index (χ1v) is 8.72. The Kier molecular flexibility index (Phi) is 5.46. The fourth-order valence-electron chi connectivity index (χ4n) is 2.47. The highest BCUT2D eigenvalue weighted by Crippen LogP contribution is 2.39. The van der Waals surface area contributed by atoms with Gasteiger partial charge >= 0.3 is 5.97 Å². The normalized spacial score (nSPS) is 14.8. The van der Waals surface area contributed by atoms with Crippen molar-refractivity contribution in [1.82, 2.24) is 0 Å². The van der Waals surface area contributed by atoms with Crippen molar-refractivity contribution in [1.29, 1.82) is 0 Å². The lowest BCUT2D eigenvalue weighted by Gasteiger charge is -2.12. The monoisotopic (exact) mass is 465 g/mol. The molecule has 0 radical (unpaired) electrons. The van der Waals surface area contributed by atoms with Crippen LogP contribution in [0.3, 0.4) is 0 Å². The standard InChI is InChI=1S/C19H16INO5/c1-23-15-9-11(10-16(24-2)17(15)25-3)8-14-19(22)26-18(21-14)12-4-6-13(20)7-5-12/h4-10H,1-3H3/b14-8+. The maximum Gasteiger partial charge on any atom is 0.363 e. The van der Waals surface area contributed by atoms with Crippen molar-refractivity contribution in [3.63, 3.8) is 0 Å². The Balaban J connectivity index is 1.99. The van der Waals surface area contributed by atoms with Gasteiger partial charge in [-0.25, -0.2) is 9.79 Å². The van der Waals surface area contributed by atoms with Crippen LogP contribution in [0.5, 0.6) is 17.2 Å². The van der Waals surface area contributed by atoms with Crippen LogP contribution in [-0.4, -0.2) is 33.2 Å². The van der Waals surface area contributed by atoms with Gasteiger partial charge in [-0.05, 0) is 70.6 Å². The maximum atomic E-state index is 12.2. The number of aliphatic imine (C=N–C) groups is 1. The fourth-order valence-corrected chi connectivity index (χ4v) is 2.83. The van der Waals surface area contributed by atoms with E-state index in [4.69, 9.17) is 18.9 Å². The molecule has 0 fully saturated rings. The molecule has 0 atom stereocenters. The second kappa shape index (κ2) is 7.77. The molecule has 0 saturated heterocycles. The molecule has 0 aromatic heterocycles.